The number of hydrogen-bond acceptors (Lipinski definition) is 2. The van der Waals surface area contributed by atoms with Crippen LogP contribution < -0.4 is 10.6 Å². The van der Waals surface area contributed by atoms with E-state index in [1.807, 2.05) is 7.05 Å². The predicted octanol–water partition coefficient (Wildman–Crippen LogP) is 1.03. The van der Waals surface area contributed by atoms with Crippen LogP contribution in [0.4, 0.5) is 0 Å². The van der Waals surface area contributed by atoms with E-state index >= 15 is 0 Å². The molecule has 0 spiro atoms. The molecule has 1 amide bonds. The van der Waals surface area contributed by atoms with Crippen LogP contribution in [0.25, 0.3) is 0 Å². The van der Waals surface area contributed by atoms with E-state index in [1.54, 1.807) is 0 Å². The van der Waals surface area contributed by atoms with Crippen molar-refractivity contribution in [3.63, 3.8) is 0 Å². The highest BCUT2D eigenvalue weighted by molar-refractivity contribution is 8.93. The molecule has 1 aliphatic rings. The van der Waals surface area contributed by atoms with Gasteiger partial charge in [0.2, 0.25) is 5.91 Å². The molecule has 3 nitrogen and oxygen atoms in total. The average Bonchev–Trinajstić information content (AvgIpc) is 1.88. The molecular formula is C7H16Br2N2O. The number of piperidine rings is 1. The van der Waals surface area contributed by atoms with Gasteiger partial charge < -0.3 is 10.6 Å². The highest BCUT2D eigenvalue weighted by Gasteiger charge is 2.16. The van der Waals surface area contributed by atoms with Gasteiger partial charge >= 0.3 is 0 Å². The minimum absolute atomic E-state index is 0. The molecule has 0 saturated carbocycles. The molecule has 0 aromatic carbocycles. The van der Waals surface area contributed by atoms with Gasteiger partial charge in [0.25, 0.3) is 0 Å². The zero-order valence-corrected chi connectivity index (χ0v) is 10.6. The first-order valence-electron chi connectivity index (χ1n) is 3.77. The van der Waals surface area contributed by atoms with Crippen molar-refractivity contribution in [2.24, 2.45) is 0 Å². The molecule has 0 aromatic rings. The third-order valence-corrected chi connectivity index (χ3v) is 1.77. The first-order chi connectivity index (χ1) is 4.83. The van der Waals surface area contributed by atoms with Crippen LogP contribution >= 0.6 is 34.0 Å². The van der Waals surface area contributed by atoms with Gasteiger partial charge in [0, 0.05) is 19.0 Å². The van der Waals surface area contributed by atoms with Gasteiger partial charge in [0.1, 0.15) is 0 Å². The maximum atomic E-state index is 10.8. The molecule has 74 valence electrons. The third-order valence-electron chi connectivity index (χ3n) is 1.77. The normalized spacial score (nSPS) is 21.8. The van der Waals surface area contributed by atoms with Crippen molar-refractivity contribution in [2.75, 3.05) is 13.6 Å². The van der Waals surface area contributed by atoms with Crippen molar-refractivity contribution in [1.29, 1.82) is 0 Å². The second-order valence-corrected chi connectivity index (χ2v) is 2.71. The Bertz CT molecular complexity index is 131. The molecule has 0 aliphatic carbocycles. The number of rotatable bonds is 2. The van der Waals surface area contributed by atoms with Crippen LogP contribution in [0, 0.1) is 0 Å². The van der Waals surface area contributed by atoms with Gasteiger partial charge in [-0.3, -0.25) is 4.79 Å². The van der Waals surface area contributed by atoms with Crippen molar-refractivity contribution in [2.45, 2.75) is 25.3 Å². The Morgan fingerprint density at radius 2 is 2.25 bits per heavy atom. The molecule has 1 atom stereocenters. The minimum Gasteiger partial charge on any atom is -0.352 e. The van der Waals surface area contributed by atoms with Crippen LogP contribution in [-0.2, 0) is 4.79 Å². The molecular weight excluding hydrogens is 288 g/mol. The fourth-order valence-corrected chi connectivity index (χ4v) is 1.28. The van der Waals surface area contributed by atoms with Gasteiger partial charge in [0.05, 0.1) is 0 Å². The minimum atomic E-state index is 0. The van der Waals surface area contributed by atoms with Gasteiger partial charge in [0.15, 0.2) is 0 Å². The largest absolute Gasteiger partial charge is 0.352 e. The Morgan fingerprint density at radius 3 is 2.75 bits per heavy atom. The highest BCUT2D eigenvalue weighted by atomic mass is 79.9. The molecule has 1 heterocycles. The Kier molecular flexibility index (Phi) is 9.94. The molecule has 1 unspecified atom stereocenters. The third kappa shape index (κ3) is 5.11. The van der Waals surface area contributed by atoms with Crippen LogP contribution in [0.2, 0.25) is 0 Å². The zero-order chi connectivity index (χ0) is 7.40. The summed E-state index contributed by atoms with van der Waals surface area (Å²) in [5.74, 6) is 0.200. The van der Waals surface area contributed by atoms with Crippen molar-refractivity contribution in [1.82, 2.24) is 10.6 Å². The number of amides is 1. The number of carbonyl (C=O) groups is 1. The quantitative estimate of drug-likeness (QED) is 0.800. The van der Waals surface area contributed by atoms with Crippen molar-refractivity contribution in [3.8, 4) is 0 Å². The summed E-state index contributed by atoms with van der Waals surface area (Å²) in [5.41, 5.74) is 0. The summed E-state index contributed by atoms with van der Waals surface area (Å²) in [4.78, 5) is 10.8. The Morgan fingerprint density at radius 1 is 1.58 bits per heavy atom. The fraction of sp³-hybridized carbons (Fsp3) is 0.857. The van der Waals surface area contributed by atoms with Crippen LogP contribution in [0.5, 0.6) is 0 Å². The molecule has 0 aromatic heterocycles. The molecule has 0 bridgehead atoms. The van der Waals surface area contributed by atoms with E-state index in [9.17, 15) is 4.79 Å². The summed E-state index contributed by atoms with van der Waals surface area (Å²) in [6, 6.07) is 0.367. The maximum absolute atomic E-state index is 10.8. The average molecular weight is 304 g/mol. The molecule has 1 aliphatic heterocycles. The summed E-state index contributed by atoms with van der Waals surface area (Å²) >= 11 is 0. The van der Waals surface area contributed by atoms with E-state index in [0.29, 0.717) is 12.5 Å². The number of hydrogen-bond donors (Lipinski definition) is 2. The van der Waals surface area contributed by atoms with Gasteiger partial charge in [-0.15, -0.1) is 34.0 Å². The standard InChI is InChI=1S/C7H14N2O.2BrH/c1-8-5-6-3-2-4-7(10)9-6;;/h6,8H,2-5H2,1H3,(H,9,10);2*1H. The monoisotopic (exact) mass is 302 g/mol. The van der Waals surface area contributed by atoms with Gasteiger partial charge in [-0.2, -0.15) is 0 Å². The molecule has 2 N–H and O–H groups in total. The molecule has 1 fully saturated rings. The van der Waals surface area contributed by atoms with E-state index in [2.05, 4.69) is 10.6 Å². The molecule has 0 radical (unpaired) electrons. The van der Waals surface area contributed by atoms with E-state index in [4.69, 9.17) is 0 Å². The fourth-order valence-electron chi connectivity index (χ4n) is 1.28. The number of likely N-dealkylation sites (N-methyl/N-ethyl adjacent to an activating group) is 1. The summed E-state index contributed by atoms with van der Waals surface area (Å²) in [7, 11) is 1.90. The predicted molar refractivity (Wildman–Crippen MR) is 60.4 cm³/mol. The van der Waals surface area contributed by atoms with Gasteiger partial charge in [-0.05, 0) is 19.9 Å². The zero-order valence-electron chi connectivity index (χ0n) is 7.13. The molecule has 1 saturated heterocycles. The van der Waals surface area contributed by atoms with Gasteiger partial charge in [-0.25, -0.2) is 0 Å². The Labute approximate surface area is 94.2 Å². The second-order valence-electron chi connectivity index (χ2n) is 2.71. The highest BCUT2D eigenvalue weighted by Crippen LogP contribution is 2.06. The topological polar surface area (TPSA) is 41.1 Å². The number of halogens is 2. The lowest BCUT2D eigenvalue weighted by Gasteiger charge is -2.22. The maximum Gasteiger partial charge on any atom is 0.220 e. The van der Waals surface area contributed by atoms with Crippen molar-refractivity contribution < 1.29 is 4.79 Å². The second kappa shape index (κ2) is 8.01. The summed E-state index contributed by atoms with van der Waals surface area (Å²) in [5, 5.41) is 5.96. The van der Waals surface area contributed by atoms with E-state index in [-0.39, 0.29) is 39.9 Å². The van der Waals surface area contributed by atoms with Crippen LogP contribution in [0.3, 0.4) is 0 Å². The van der Waals surface area contributed by atoms with Crippen LogP contribution in [-0.4, -0.2) is 25.5 Å². The molecule has 12 heavy (non-hydrogen) atoms. The Balaban J connectivity index is 0. The van der Waals surface area contributed by atoms with E-state index in [0.717, 1.165) is 19.4 Å². The summed E-state index contributed by atoms with van der Waals surface area (Å²) in [6.07, 6.45) is 2.87. The molecule has 1 rings (SSSR count). The lowest BCUT2D eigenvalue weighted by atomic mass is 10.0. The van der Waals surface area contributed by atoms with E-state index < -0.39 is 0 Å². The first kappa shape index (κ1) is 14.9. The van der Waals surface area contributed by atoms with Crippen LogP contribution in [0.1, 0.15) is 19.3 Å². The number of carbonyl (C=O) groups excluding carboxylic acids is 1. The lowest BCUT2D eigenvalue weighted by Crippen LogP contribution is -2.44. The van der Waals surface area contributed by atoms with E-state index in [1.165, 1.54) is 0 Å². The summed E-state index contributed by atoms with van der Waals surface area (Å²) in [6.45, 7) is 0.895. The van der Waals surface area contributed by atoms with Crippen LogP contribution in [0.15, 0.2) is 0 Å². The van der Waals surface area contributed by atoms with Gasteiger partial charge in [-0.1, -0.05) is 0 Å². The SMILES string of the molecule is Br.Br.CNCC1CCCC(=O)N1. The van der Waals surface area contributed by atoms with Crippen molar-refractivity contribution >= 4 is 39.9 Å². The first-order valence-corrected chi connectivity index (χ1v) is 3.77. The smallest absolute Gasteiger partial charge is 0.220 e. The molecule has 5 heteroatoms. The lowest BCUT2D eigenvalue weighted by molar-refractivity contribution is -0.123. The number of nitrogens with one attached hydrogen (secondary N) is 2. The van der Waals surface area contributed by atoms with Crippen molar-refractivity contribution in [3.05, 3.63) is 0 Å². The Hall–Kier alpha value is 0.390. The summed E-state index contributed by atoms with van der Waals surface area (Å²) < 4.78 is 0.